The fraction of sp³-hybridized carbons (Fsp3) is 0.654. The zero-order valence-corrected chi connectivity index (χ0v) is 21.9. The quantitative estimate of drug-likeness (QED) is 0.314. The third-order valence-corrected chi connectivity index (χ3v) is 8.53. The van der Waals surface area contributed by atoms with Crippen LogP contribution in [0.1, 0.15) is 70.9 Å². The van der Waals surface area contributed by atoms with E-state index in [4.69, 9.17) is 8.85 Å². The summed E-state index contributed by atoms with van der Waals surface area (Å²) in [5.41, 5.74) is 2.09. The summed E-state index contributed by atoms with van der Waals surface area (Å²) in [6.07, 6.45) is 4.90. The van der Waals surface area contributed by atoms with Gasteiger partial charge in [0.2, 0.25) is 19.5 Å². The third kappa shape index (κ3) is 5.08. The fourth-order valence-corrected chi connectivity index (χ4v) is 6.97. The van der Waals surface area contributed by atoms with Gasteiger partial charge in [-0.2, -0.15) is 0 Å². The number of benzene rings is 1. The summed E-state index contributed by atoms with van der Waals surface area (Å²) in [6.45, 7) is 13.0. The Labute approximate surface area is 194 Å². The zero-order chi connectivity index (χ0) is 22.6. The molecule has 1 aromatic rings. The van der Waals surface area contributed by atoms with Crippen LogP contribution in [0.4, 0.5) is 0 Å². The van der Waals surface area contributed by atoms with E-state index in [9.17, 15) is 4.79 Å². The van der Waals surface area contributed by atoms with E-state index in [-0.39, 0.29) is 23.0 Å². The molecule has 166 valence electrons. The van der Waals surface area contributed by atoms with Gasteiger partial charge >= 0.3 is 0 Å². The summed E-state index contributed by atoms with van der Waals surface area (Å²) in [4.78, 5) is 12.5. The molecule has 2 fully saturated rings. The molecule has 0 spiro atoms. The molecule has 2 aliphatic carbocycles. The lowest BCUT2D eigenvalue weighted by Gasteiger charge is -2.41. The van der Waals surface area contributed by atoms with Crippen molar-refractivity contribution in [2.24, 2.45) is 23.2 Å². The highest BCUT2D eigenvalue weighted by Gasteiger charge is 2.52. The Morgan fingerprint density at radius 3 is 2.58 bits per heavy atom. The first-order valence-corrected chi connectivity index (χ1v) is 14.3. The van der Waals surface area contributed by atoms with Crippen molar-refractivity contribution in [3.05, 3.63) is 35.4 Å². The largest absolute Gasteiger partial charge is 0.393 e. The molecule has 4 radical (unpaired) electrons. The van der Waals surface area contributed by atoms with E-state index in [1.165, 1.54) is 12.0 Å². The lowest BCUT2D eigenvalue weighted by atomic mass is 9.62. The summed E-state index contributed by atoms with van der Waals surface area (Å²) < 4.78 is 11.9. The van der Waals surface area contributed by atoms with Crippen molar-refractivity contribution >= 4 is 25.3 Å². The normalized spacial score (nSPS) is 27.0. The van der Waals surface area contributed by atoms with Gasteiger partial charge in [0.1, 0.15) is 12.1 Å². The molecular formula is C26H36O3Si2. The standard InChI is InChI=1S/C26H36O3Si2/c1-18(21-14-15-22-23(27)11-8-16-26(21,22)4)12-13-19-9-7-10-20(17-19)25(2,3)24(28-30-5)29-31-6/h7,9-10,17-18,21-22,24H,8,11,14-16H2,1-6H3. The Bertz CT molecular complexity index is 835. The average Bonchev–Trinajstić information content (AvgIpc) is 3.10. The molecule has 0 aromatic heterocycles. The summed E-state index contributed by atoms with van der Waals surface area (Å²) >= 11 is 0. The van der Waals surface area contributed by atoms with Crippen molar-refractivity contribution in [2.75, 3.05) is 0 Å². The second-order valence-corrected chi connectivity index (χ2v) is 11.2. The number of Topliss-reactive ketones (excluding diaryl/α,β-unsaturated/α-hetero) is 1. The van der Waals surface area contributed by atoms with Gasteiger partial charge in [0.15, 0.2) is 0 Å². The molecule has 3 nitrogen and oxygen atoms in total. The van der Waals surface area contributed by atoms with Crippen LogP contribution >= 0.6 is 0 Å². The van der Waals surface area contributed by atoms with Crippen molar-refractivity contribution < 1.29 is 13.6 Å². The Balaban J connectivity index is 1.78. The molecule has 3 rings (SSSR count). The van der Waals surface area contributed by atoms with Crippen molar-refractivity contribution in [3.8, 4) is 11.8 Å². The number of hydrogen-bond donors (Lipinski definition) is 0. The highest BCUT2D eigenvalue weighted by atomic mass is 28.2. The lowest BCUT2D eigenvalue weighted by molar-refractivity contribution is -0.129. The van der Waals surface area contributed by atoms with Crippen molar-refractivity contribution in [2.45, 2.75) is 84.6 Å². The van der Waals surface area contributed by atoms with Gasteiger partial charge in [0.05, 0.1) is 0 Å². The van der Waals surface area contributed by atoms with Gasteiger partial charge < -0.3 is 8.85 Å². The van der Waals surface area contributed by atoms with E-state index in [1.807, 2.05) is 13.1 Å². The maximum absolute atomic E-state index is 12.5. The molecule has 4 unspecified atom stereocenters. The minimum atomic E-state index is -0.263. The molecule has 2 saturated carbocycles. The van der Waals surface area contributed by atoms with Crippen molar-refractivity contribution in [1.29, 1.82) is 0 Å². The van der Waals surface area contributed by atoms with Crippen LogP contribution in [0.15, 0.2) is 24.3 Å². The highest BCUT2D eigenvalue weighted by molar-refractivity contribution is 6.26. The minimum Gasteiger partial charge on any atom is -0.393 e. The number of hydrogen-bond acceptors (Lipinski definition) is 3. The molecule has 1 aromatic carbocycles. The van der Waals surface area contributed by atoms with Crippen LogP contribution in [-0.4, -0.2) is 31.6 Å². The molecule has 0 amide bonds. The van der Waals surface area contributed by atoms with E-state index in [0.29, 0.717) is 37.1 Å². The second kappa shape index (κ2) is 10.2. The minimum absolute atomic E-state index is 0.136. The summed E-state index contributed by atoms with van der Waals surface area (Å²) in [7, 11) is 0.771. The van der Waals surface area contributed by atoms with Gasteiger partial charge in [-0.3, -0.25) is 4.79 Å². The fourth-order valence-electron chi connectivity index (χ4n) is 5.76. The molecule has 0 bridgehead atoms. The second-order valence-electron chi connectivity index (χ2n) is 9.90. The average molecular weight is 453 g/mol. The van der Waals surface area contributed by atoms with Crippen molar-refractivity contribution in [1.82, 2.24) is 0 Å². The monoisotopic (exact) mass is 452 g/mol. The van der Waals surface area contributed by atoms with Crippen LogP contribution in [0.25, 0.3) is 0 Å². The van der Waals surface area contributed by atoms with Gasteiger partial charge in [-0.15, -0.1) is 0 Å². The van der Waals surface area contributed by atoms with Gasteiger partial charge in [0.25, 0.3) is 0 Å². The number of carbonyl (C=O) groups is 1. The molecule has 0 aliphatic heterocycles. The molecule has 0 N–H and O–H groups in total. The predicted octanol–water partition coefficient (Wildman–Crippen LogP) is 5.43. The SMILES string of the molecule is C[Si]OC(O[Si]C)C(C)(C)c1cccc(C#CC(C)C2CCC3C(=O)CCCC32C)c1. The molecular weight excluding hydrogens is 416 g/mol. The smallest absolute Gasteiger partial charge is 0.229 e. The molecule has 2 aliphatic rings. The molecule has 31 heavy (non-hydrogen) atoms. The van der Waals surface area contributed by atoms with Crippen molar-refractivity contribution in [3.63, 3.8) is 0 Å². The Hall–Kier alpha value is -1.20. The van der Waals surface area contributed by atoms with Gasteiger partial charge in [-0.25, -0.2) is 0 Å². The first kappa shape index (κ1) is 24.4. The summed E-state index contributed by atoms with van der Waals surface area (Å²) in [5.74, 6) is 8.55. The van der Waals surface area contributed by atoms with Gasteiger partial charge in [-0.05, 0) is 67.8 Å². The molecule has 5 heteroatoms. The third-order valence-electron chi connectivity index (χ3n) is 7.63. The van der Waals surface area contributed by atoms with Crippen LogP contribution in [-0.2, 0) is 19.1 Å². The molecule has 0 saturated heterocycles. The number of fused-ring (bicyclic) bond motifs is 1. The van der Waals surface area contributed by atoms with Crippen LogP contribution < -0.4 is 0 Å². The maximum atomic E-state index is 12.5. The lowest BCUT2D eigenvalue weighted by Crippen LogP contribution is -2.39. The van der Waals surface area contributed by atoms with E-state index >= 15 is 0 Å². The van der Waals surface area contributed by atoms with E-state index < -0.39 is 0 Å². The van der Waals surface area contributed by atoms with Gasteiger partial charge in [-0.1, -0.05) is 51.7 Å². The Morgan fingerprint density at radius 2 is 1.90 bits per heavy atom. The summed E-state index contributed by atoms with van der Waals surface area (Å²) in [5, 5.41) is 0. The first-order chi connectivity index (χ1) is 14.7. The van der Waals surface area contributed by atoms with Crippen LogP contribution in [0.2, 0.25) is 13.1 Å². The zero-order valence-electron chi connectivity index (χ0n) is 19.9. The number of rotatable bonds is 7. The van der Waals surface area contributed by atoms with E-state index in [0.717, 1.165) is 31.2 Å². The van der Waals surface area contributed by atoms with Crippen LogP contribution in [0, 0.1) is 35.0 Å². The topological polar surface area (TPSA) is 35.5 Å². The number of carbonyl (C=O) groups excluding carboxylic acids is 1. The number of ketones is 1. The first-order valence-electron chi connectivity index (χ1n) is 11.5. The van der Waals surface area contributed by atoms with Crippen LogP contribution in [0.5, 0.6) is 0 Å². The van der Waals surface area contributed by atoms with Gasteiger partial charge in [0, 0.05) is 29.2 Å². The molecule has 0 heterocycles. The summed E-state index contributed by atoms with van der Waals surface area (Å²) in [6, 6.07) is 8.49. The maximum Gasteiger partial charge on any atom is 0.229 e. The molecule has 4 atom stereocenters. The van der Waals surface area contributed by atoms with Crippen LogP contribution in [0.3, 0.4) is 0 Å². The van der Waals surface area contributed by atoms with E-state index in [1.54, 1.807) is 0 Å². The van der Waals surface area contributed by atoms with E-state index in [2.05, 4.69) is 63.8 Å². The Kier molecular flexibility index (Phi) is 8.02. The Morgan fingerprint density at radius 1 is 1.19 bits per heavy atom. The predicted molar refractivity (Wildman–Crippen MR) is 128 cm³/mol. The highest BCUT2D eigenvalue weighted by Crippen LogP contribution is 2.56.